The van der Waals surface area contributed by atoms with Crippen LogP contribution in [0.15, 0.2) is 89.2 Å². The van der Waals surface area contributed by atoms with Gasteiger partial charge in [-0.3, -0.25) is 14.4 Å². The number of aryl methyl sites for hydroxylation is 1. The lowest BCUT2D eigenvalue weighted by atomic mass is 9.42. The number of nitriles is 1. The molecule has 3 aromatic rings. The van der Waals surface area contributed by atoms with E-state index in [0.717, 1.165) is 11.4 Å². The number of anilines is 1. The number of rotatable bonds is 4. The Hall–Kier alpha value is -4.68. The van der Waals surface area contributed by atoms with Crippen molar-refractivity contribution in [2.45, 2.75) is 86.0 Å². The maximum Gasteiger partial charge on any atom is 0.202 e. The average Bonchev–Trinajstić information content (AvgIpc) is 3.10. The van der Waals surface area contributed by atoms with E-state index in [4.69, 9.17) is 0 Å². The van der Waals surface area contributed by atoms with Gasteiger partial charge in [0.2, 0.25) is 5.78 Å². The van der Waals surface area contributed by atoms with Gasteiger partial charge in [-0.2, -0.15) is 5.26 Å². The fourth-order valence-electron chi connectivity index (χ4n) is 9.10. The topological polar surface area (TPSA) is 131 Å². The molecule has 3 aliphatic carbocycles. The Morgan fingerprint density at radius 1 is 1.02 bits per heavy atom. The number of carbonyl (C=O) groups excluding carboxylic acids is 3. The summed E-state index contributed by atoms with van der Waals surface area (Å²) in [5, 5.41) is 40.1. The van der Waals surface area contributed by atoms with Gasteiger partial charge in [0, 0.05) is 39.4 Å². The van der Waals surface area contributed by atoms with Gasteiger partial charge in [-0.25, -0.2) is 0 Å². The number of likely N-dealkylation sites (N-methyl/N-ethyl adjacent to an activating group) is 1. The number of Topliss-reactive ketones (excluding diaryl/α,β-unsaturated/α-hetero) is 2. The maximum absolute atomic E-state index is 14.1. The highest BCUT2D eigenvalue weighted by atomic mass is 16.3. The van der Waals surface area contributed by atoms with Crippen LogP contribution in [0.5, 0.6) is 0 Å². The molecule has 3 aromatic carbocycles. The maximum atomic E-state index is 14.1. The average molecular weight is 690 g/mol. The Balaban J connectivity index is 0.000000302. The van der Waals surface area contributed by atoms with E-state index >= 15 is 0 Å². The Morgan fingerprint density at radius 2 is 1.63 bits per heavy atom. The third-order valence-electron chi connectivity index (χ3n) is 11.5. The molecular weight excluding hydrogens is 638 g/mol. The van der Waals surface area contributed by atoms with Crippen LogP contribution in [0, 0.1) is 29.1 Å². The number of hydrogen-bond donors (Lipinski definition) is 3. The van der Waals surface area contributed by atoms with Gasteiger partial charge in [0.25, 0.3) is 0 Å². The van der Waals surface area contributed by atoms with Crippen LogP contribution in [0.4, 0.5) is 5.69 Å². The smallest absolute Gasteiger partial charge is 0.202 e. The minimum Gasteiger partial charge on any atom is -0.391 e. The lowest BCUT2D eigenvalue weighted by Gasteiger charge is -2.65. The van der Waals surface area contributed by atoms with Gasteiger partial charge in [0.15, 0.2) is 17.7 Å². The molecule has 3 aliphatic rings. The second-order valence-electron chi connectivity index (χ2n) is 14.4. The molecule has 51 heavy (non-hydrogen) atoms. The molecule has 0 aromatic heterocycles. The highest BCUT2D eigenvalue weighted by Crippen LogP contribution is 2.65. The number of fused-ring (bicyclic) bond motifs is 4. The summed E-state index contributed by atoms with van der Waals surface area (Å²) in [5.41, 5.74) is -0.442. The Kier molecular flexibility index (Phi) is 10.9. The third-order valence-corrected chi connectivity index (χ3v) is 11.5. The number of carbonyl (C=O) groups is 3. The number of aliphatic hydroxyl groups is 2. The largest absolute Gasteiger partial charge is 0.391 e. The van der Waals surface area contributed by atoms with Crippen LogP contribution >= 0.6 is 0 Å². The van der Waals surface area contributed by atoms with Crippen molar-refractivity contribution in [2.24, 2.45) is 10.8 Å². The molecule has 0 fully saturated rings. The van der Waals surface area contributed by atoms with Crippen LogP contribution in [0.25, 0.3) is 10.8 Å². The van der Waals surface area contributed by atoms with Gasteiger partial charge in [0.05, 0.1) is 22.7 Å². The van der Waals surface area contributed by atoms with E-state index in [-0.39, 0.29) is 27.8 Å². The van der Waals surface area contributed by atoms with Gasteiger partial charge >= 0.3 is 0 Å². The van der Waals surface area contributed by atoms with E-state index in [1.807, 2.05) is 52.0 Å². The summed E-state index contributed by atoms with van der Waals surface area (Å²) in [5.74, 6) is -1.69. The highest BCUT2D eigenvalue weighted by molar-refractivity contribution is 6.21. The van der Waals surface area contributed by atoms with Crippen LogP contribution < -0.4 is 5.32 Å². The standard InChI is InChI=1S/C28H32N2O5.C13H13N.C2H6/c1-13-9-10-17-15(3)26(5)21(22(32)20(17)18(13)11-29)16(4)28(35)24(33)19(12-31)14(2)23(30(7)8)27(28,6)25(26)34;1-10(2)14-13-9-5-7-11-6-3-4-8-12(11)13;1-2/h9-10,12,15,23,25,34-35H,1-8H3;3-9,14H,1H2,2H3;1-2H3/t15-,23+,25-,26+,27+,28-;;/m0../s1. The predicted molar refractivity (Wildman–Crippen MR) is 203 cm³/mol. The molecular formula is C43H51N3O5. The summed E-state index contributed by atoms with van der Waals surface area (Å²) in [6, 6.07) is 19.6. The lowest BCUT2D eigenvalue weighted by molar-refractivity contribution is -0.193. The fourth-order valence-corrected chi connectivity index (χ4v) is 9.10. The van der Waals surface area contributed by atoms with Crippen molar-refractivity contribution in [2.75, 3.05) is 19.4 Å². The number of aldehydes is 1. The summed E-state index contributed by atoms with van der Waals surface area (Å²) >= 11 is 0. The normalized spacial score (nSPS) is 28.0. The monoisotopic (exact) mass is 689 g/mol. The lowest BCUT2D eigenvalue weighted by Crippen LogP contribution is -2.75. The van der Waals surface area contributed by atoms with Crippen molar-refractivity contribution in [3.63, 3.8) is 0 Å². The van der Waals surface area contributed by atoms with Crippen molar-refractivity contribution < 1.29 is 24.6 Å². The Bertz CT molecular complexity index is 2050. The summed E-state index contributed by atoms with van der Waals surface area (Å²) in [7, 11) is 3.54. The minimum absolute atomic E-state index is 0.129. The fraction of sp³-hybridized carbons (Fsp3) is 0.395. The predicted octanol–water partition coefficient (Wildman–Crippen LogP) is 7.44. The summed E-state index contributed by atoms with van der Waals surface area (Å²) in [6.07, 6.45) is -0.890. The second-order valence-corrected chi connectivity index (χ2v) is 14.4. The number of hydrogen-bond acceptors (Lipinski definition) is 8. The number of aliphatic hydroxyl groups excluding tert-OH is 1. The molecule has 0 saturated heterocycles. The minimum atomic E-state index is -2.30. The third kappa shape index (κ3) is 5.50. The van der Waals surface area contributed by atoms with Crippen LogP contribution in [-0.4, -0.2) is 64.8 Å². The number of allylic oxidation sites excluding steroid dienone is 1. The van der Waals surface area contributed by atoms with Crippen molar-refractivity contribution in [1.82, 2.24) is 4.90 Å². The molecule has 6 atom stereocenters. The molecule has 3 N–H and O–H groups in total. The highest BCUT2D eigenvalue weighted by Gasteiger charge is 2.73. The molecule has 0 saturated carbocycles. The van der Waals surface area contributed by atoms with Crippen LogP contribution in [0.3, 0.4) is 0 Å². The van der Waals surface area contributed by atoms with Crippen LogP contribution in [-0.2, 0) is 9.59 Å². The number of nitrogens with one attached hydrogen (secondary N) is 1. The van der Waals surface area contributed by atoms with Crippen molar-refractivity contribution in [3.05, 3.63) is 111 Å². The first-order chi connectivity index (χ1) is 24.0. The first-order valence-corrected chi connectivity index (χ1v) is 17.4. The van der Waals surface area contributed by atoms with E-state index in [1.165, 1.54) is 10.8 Å². The first-order valence-electron chi connectivity index (χ1n) is 17.4. The molecule has 0 amide bonds. The van der Waals surface area contributed by atoms with Gasteiger partial charge in [-0.1, -0.05) is 89.7 Å². The molecule has 0 bridgehead atoms. The van der Waals surface area contributed by atoms with Crippen LogP contribution in [0.1, 0.15) is 88.4 Å². The van der Waals surface area contributed by atoms with E-state index in [2.05, 4.69) is 42.2 Å². The molecule has 0 spiro atoms. The van der Waals surface area contributed by atoms with E-state index in [9.17, 15) is 29.9 Å². The summed E-state index contributed by atoms with van der Waals surface area (Å²) in [6.45, 7) is 20.1. The molecule has 268 valence electrons. The zero-order chi connectivity index (χ0) is 38.4. The van der Waals surface area contributed by atoms with Gasteiger partial charge in [-0.15, -0.1) is 0 Å². The van der Waals surface area contributed by atoms with Crippen molar-refractivity contribution >= 4 is 34.3 Å². The summed E-state index contributed by atoms with van der Waals surface area (Å²) in [4.78, 5) is 41.7. The van der Waals surface area contributed by atoms with Crippen molar-refractivity contribution in [1.29, 1.82) is 5.26 Å². The molecule has 0 unspecified atom stereocenters. The van der Waals surface area contributed by atoms with Gasteiger partial charge < -0.3 is 20.4 Å². The van der Waals surface area contributed by atoms with E-state index in [1.54, 1.807) is 59.7 Å². The molecule has 6 rings (SSSR count). The van der Waals surface area contributed by atoms with Gasteiger partial charge in [-0.05, 0) is 81.4 Å². The molecule has 0 radical (unpaired) electrons. The molecule has 8 heteroatoms. The first kappa shape index (κ1) is 39.1. The molecule has 8 nitrogen and oxygen atoms in total. The number of benzene rings is 3. The quantitative estimate of drug-likeness (QED) is 0.190. The SMILES string of the molecule is C=C(C)Nc1cccc2ccccc12.CC.CC1=C(C=O)C(=O)[C@@]2(O)C(C)=C3C(=O)c4c(ccc(C)c4C#N)[C@H](C)[C@@]3(C)[C@H](O)[C@@]2(C)[C@@H]1N(C)C. The van der Waals surface area contributed by atoms with E-state index < -0.39 is 46.1 Å². The Labute approximate surface area is 302 Å². The summed E-state index contributed by atoms with van der Waals surface area (Å²) < 4.78 is 0. The van der Waals surface area contributed by atoms with Gasteiger partial charge in [0.1, 0.15) is 6.07 Å². The van der Waals surface area contributed by atoms with Crippen molar-refractivity contribution in [3.8, 4) is 6.07 Å². The molecule has 0 heterocycles. The zero-order valence-corrected chi connectivity index (χ0v) is 31.7. The van der Waals surface area contributed by atoms with E-state index in [0.29, 0.717) is 23.0 Å². The zero-order valence-electron chi connectivity index (χ0n) is 31.7. The second kappa shape index (κ2) is 14.1. The number of nitrogens with zero attached hydrogens (tertiary/aromatic N) is 2. The molecule has 0 aliphatic heterocycles. The number of ketones is 2. The Morgan fingerprint density at radius 3 is 2.20 bits per heavy atom. The van der Waals surface area contributed by atoms with Crippen LogP contribution in [0.2, 0.25) is 0 Å².